The van der Waals surface area contributed by atoms with Crippen molar-refractivity contribution in [1.82, 2.24) is 24.5 Å². The van der Waals surface area contributed by atoms with Gasteiger partial charge in [0.25, 0.3) is 0 Å². The molecule has 3 heterocycles. The third-order valence-corrected chi connectivity index (χ3v) is 14.8. The summed E-state index contributed by atoms with van der Waals surface area (Å²) in [7, 11) is -1.90. The molecule has 5 rings (SSSR count). The second-order valence-corrected chi connectivity index (χ2v) is 21.0. The van der Waals surface area contributed by atoms with Crippen molar-refractivity contribution in [3.05, 3.63) is 72.2 Å². The number of pyridine rings is 2. The summed E-state index contributed by atoms with van der Waals surface area (Å²) in [5.74, 6) is 0.912. The fourth-order valence-corrected chi connectivity index (χ4v) is 6.71. The van der Waals surface area contributed by atoms with Crippen LogP contribution in [0.3, 0.4) is 0 Å². The molecule has 230 valence electrons. The van der Waals surface area contributed by atoms with E-state index in [1.807, 2.05) is 68.0 Å². The summed E-state index contributed by atoms with van der Waals surface area (Å²) >= 11 is -1.27. The van der Waals surface area contributed by atoms with Gasteiger partial charge in [-0.2, -0.15) is 5.10 Å². The number of aromatic nitrogens is 4. The van der Waals surface area contributed by atoms with Crippen LogP contribution in [-0.2, 0) is 22.4 Å². The van der Waals surface area contributed by atoms with E-state index < -0.39 is 24.4 Å². The first-order valence-electron chi connectivity index (χ1n) is 15.0. The summed E-state index contributed by atoms with van der Waals surface area (Å²) in [6.07, 6.45) is 2.88. The third-order valence-electron chi connectivity index (χ3n) is 8.76. The number of rotatable bonds is 9. The van der Waals surface area contributed by atoms with Crippen LogP contribution in [0.25, 0.3) is 28.0 Å². The minimum absolute atomic E-state index is 0.128. The average Bonchev–Trinajstić information content (AvgIpc) is 3.36. The van der Waals surface area contributed by atoms with Crippen LogP contribution in [0.4, 0.5) is 0 Å². The molecule has 1 aliphatic rings. The van der Waals surface area contributed by atoms with Gasteiger partial charge in [0.1, 0.15) is 4.75 Å². The predicted octanol–water partition coefficient (Wildman–Crippen LogP) is 6.87. The SMILES string of the molecule is CC(C)(C)[S@@+]([O-])NC(c1cccc(-c2ccc3cnn(-c4cccc(CO[Si](C)(C)C(C)(C)C)n4)c3c2)n1)C1CC(O)C1. The van der Waals surface area contributed by atoms with E-state index >= 15 is 0 Å². The van der Waals surface area contributed by atoms with Gasteiger partial charge in [-0.25, -0.2) is 9.67 Å². The molecule has 0 bridgehead atoms. The van der Waals surface area contributed by atoms with Gasteiger partial charge in [-0.3, -0.25) is 4.98 Å². The van der Waals surface area contributed by atoms with Crippen molar-refractivity contribution in [2.75, 3.05) is 0 Å². The Morgan fingerprint density at radius 2 is 1.77 bits per heavy atom. The van der Waals surface area contributed by atoms with Crippen molar-refractivity contribution >= 4 is 30.6 Å². The second kappa shape index (κ2) is 12.1. The molecular weight excluding hydrogens is 575 g/mol. The topological polar surface area (TPSA) is 108 Å². The largest absolute Gasteiger partial charge is 0.598 e. The number of aliphatic hydroxyl groups excluding tert-OH is 1. The molecule has 1 unspecified atom stereocenters. The number of hydrogen-bond donors (Lipinski definition) is 2. The van der Waals surface area contributed by atoms with E-state index in [4.69, 9.17) is 14.4 Å². The first-order chi connectivity index (χ1) is 20.1. The van der Waals surface area contributed by atoms with Crippen LogP contribution in [0, 0.1) is 5.92 Å². The summed E-state index contributed by atoms with van der Waals surface area (Å²) in [4.78, 5) is 9.95. The van der Waals surface area contributed by atoms with Crippen molar-refractivity contribution in [3.8, 4) is 17.1 Å². The Hall–Kier alpha value is -2.60. The van der Waals surface area contributed by atoms with Crippen LogP contribution in [0.15, 0.2) is 60.8 Å². The van der Waals surface area contributed by atoms with E-state index in [0.29, 0.717) is 19.4 Å². The first kappa shape index (κ1) is 31.8. The van der Waals surface area contributed by atoms with Crippen molar-refractivity contribution in [2.45, 2.75) is 96.0 Å². The van der Waals surface area contributed by atoms with Crippen LogP contribution in [0.1, 0.15) is 71.8 Å². The van der Waals surface area contributed by atoms with Gasteiger partial charge >= 0.3 is 0 Å². The quantitative estimate of drug-likeness (QED) is 0.156. The molecule has 10 heteroatoms. The zero-order chi connectivity index (χ0) is 31.2. The lowest BCUT2D eigenvalue weighted by Gasteiger charge is -2.38. The number of aliphatic hydroxyl groups is 1. The van der Waals surface area contributed by atoms with Crippen molar-refractivity contribution in [1.29, 1.82) is 0 Å². The lowest BCUT2D eigenvalue weighted by atomic mass is 9.76. The van der Waals surface area contributed by atoms with Crippen LogP contribution in [0.2, 0.25) is 18.1 Å². The van der Waals surface area contributed by atoms with Crippen LogP contribution >= 0.6 is 0 Å². The second-order valence-electron chi connectivity index (χ2n) is 14.2. The highest BCUT2D eigenvalue weighted by atomic mass is 32.2. The zero-order valence-corrected chi connectivity index (χ0v) is 28.4. The van der Waals surface area contributed by atoms with Gasteiger partial charge in [-0.1, -0.05) is 45.0 Å². The van der Waals surface area contributed by atoms with Crippen molar-refractivity contribution in [3.63, 3.8) is 0 Å². The smallest absolute Gasteiger partial charge is 0.192 e. The summed E-state index contributed by atoms with van der Waals surface area (Å²) in [5, 5.41) is 15.8. The Morgan fingerprint density at radius 3 is 2.44 bits per heavy atom. The van der Waals surface area contributed by atoms with Gasteiger partial charge in [0.05, 0.1) is 47.5 Å². The highest BCUT2D eigenvalue weighted by Gasteiger charge is 2.40. The van der Waals surface area contributed by atoms with Gasteiger partial charge in [0.2, 0.25) is 0 Å². The fraction of sp³-hybridized carbons (Fsp3) is 0.485. The van der Waals surface area contributed by atoms with Gasteiger partial charge < -0.3 is 14.1 Å². The first-order valence-corrected chi connectivity index (χ1v) is 19.1. The Labute approximate surface area is 259 Å². The molecule has 2 atom stereocenters. The Kier molecular flexibility index (Phi) is 8.92. The maximum Gasteiger partial charge on any atom is 0.192 e. The molecule has 0 aliphatic heterocycles. The number of hydrogen-bond acceptors (Lipinski definition) is 7. The molecule has 0 amide bonds. The maximum atomic E-state index is 13.1. The molecule has 2 N–H and O–H groups in total. The molecule has 4 aromatic rings. The third kappa shape index (κ3) is 7.05. The summed E-state index contributed by atoms with van der Waals surface area (Å²) < 4.78 is 24.3. The molecule has 1 aliphatic carbocycles. The summed E-state index contributed by atoms with van der Waals surface area (Å²) in [5.41, 5.74) is 4.42. The molecule has 43 heavy (non-hydrogen) atoms. The average molecular weight is 620 g/mol. The van der Waals surface area contributed by atoms with Gasteiger partial charge in [-0.15, -0.1) is 4.72 Å². The minimum Gasteiger partial charge on any atom is -0.598 e. The zero-order valence-electron chi connectivity index (χ0n) is 26.6. The number of nitrogens with zero attached hydrogens (tertiary/aromatic N) is 4. The fourth-order valence-electron chi connectivity index (χ4n) is 4.87. The Bertz CT molecular complexity index is 1570. The normalized spacial score (nSPS) is 19.3. The van der Waals surface area contributed by atoms with Gasteiger partial charge in [0.15, 0.2) is 14.1 Å². The van der Waals surface area contributed by atoms with Crippen LogP contribution in [0.5, 0.6) is 0 Å². The highest BCUT2D eigenvalue weighted by molar-refractivity contribution is 7.90. The molecule has 0 saturated heterocycles. The number of fused-ring (bicyclic) bond motifs is 1. The highest BCUT2D eigenvalue weighted by Crippen LogP contribution is 2.40. The predicted molar refractivity (Wildman–Crippen MR) is 177 cm³/mol. The van der Waals surface area contributed by atoms with Gasteiger partial charge in [0, 0.05) is 22.3 Å². The van der Waals surface area contributed by atoms with E-state index in [1.165, 1.54) is 0 Å². The number of nitrogens with one attached hydrogen (secondary N) is 1. The van der Waals surface area contributed by atoms with E-state index in [2.05, 4.69) is 61.9 Å². The van der Waals surface area contributed by atoms with E-state index in [0.717, 1.165) is 39.4 Å². The lowest BCUT2D eigenvalue weighted by Crippen LogP contribution is -2.46. The van der Waals surface area contributed by atoms with Crippen LogP contribution in [-0.4, -0.2) is 48.6 Å². The van der Waals surface area contributed by atoms with Crippen molar-refractivity contribution < 1.29 is 14.1 Å². The molecule has 8 nitrogen and oxygen atoms in total. The Balaban J connectivity index is 1.43. The monoisotopic (exact) mass is 619 g/mol. The Morgan fingerprint density at radius 1 is 1.05 bits per heavy atom. The molecule has 1 saturated carbocycles. The molecule has 0 radical (unpaired) electrons. The summed E-state index contributed by atoms with van der Waals surface area (Å²) in [6.45, 7) is 17.6. The van der Waals surface area contributed by atoms with E-state index in [9.17, 15) is 9.66 Å². The molecular formula is C33H45N5O3SSi. The van der Waals surface area contributed by atoms with E-state index in [1.54, 1.807) is 0 Å². The summed E-state index contributed by atoms with van der Waals surface area (Å²) in [6, 6.07) is 17.9. The lowest BCUT2D eigenvalue weighted by molar-refractivity contribution is 0.0273. The number of benzene rings is 1. The standard InChI is InChI=1S/C33H45N5O3SSi/c1-32(2,3)42(40)37-31(24-17-26(39)18-24)28-13-10-12-27(36-28)22-15-16-23-20-34-38(29(23)19-22)30-14-9-11-25(35-30)21-41-43(7,8)33(4,5)6/h9-16,19-20,24,26,31,37,39H,17-18,21H2,1-8H3/t24?,26?,31?,42-/m1/s1. The maximum absolute atomic E-state index is 13.1. The van der Waals surface area contributed by atoms with Gasteiger partial charge in [-0.05, 0) is 88.0 Å². The molecule has 1 aromatic carbocycles. The van der Waals surface area contributed by atoms with Crippen molar-refractivity contribution in [2.24, 2.45) is 5.92 Å². The minimum atomic E-state index is -1.90. The molecule has 1 fully saturated rings. The molecule has 0 spiro atoms. The van der Waals surface area contributed by atoms with E-state index in [-0.39, 0.29) is 23.1 Å². The van der Waals surface area contributed by atoms with Crippen LogP contribution < -0.4 is 4.72 Å². The molecule has 3 aromatic heterocycles.